The predicted molar refractivity (Wildman–Crippen MR) is 235 cm³/mol. The van der Waals surface area contributed by atoms with Gasteiger partial charge in [-0.2, -0.15) is 0 Å². The van der Waals surface area contributed by atoms with Crippen molar-refractivity contribution in [3.8, 4) is 0 Å². The van der Waals surface area contributed by atoms with Gasteiger partial charge in [0, 0.05) is 12.8 Å². The second kappa shape index (κ2) is 37.4. The molecule has 0 aromatic carbocycles. The number of rotatable bonds is 37. The summed E-state index contributed by atoms with van der Waals surface area (Å²) in [6.45, 7) is 4.11. The molecule has 57 heavy (non-hydrogen) atoms. The van der Waals surface area contributed by atoms with Gasteiger partial charge in [-0.05, 0) is 77.0 Å². The summed E-state index contributed by atoms with van der Waals surface area (Å²) in [6, 6.07) is 0. The Morgan fingerprint density at radius 1 is 0.632 bits per heavy atom. The first kappa shape index (κ1) is 54.2. The van der Waals surface area contributed by atoms with Crippen molar-refractivity contribution in [3.05, 3.63) is 85.1 Å². The standard InChI is InChI=1S/C46H78NO9P/c1-6-8-10-11-12-13-14-15-16-17-20-24-27-30-34-38-46(50)56-44(42-55-57(51,52)54-40-39-47(3,4)5)41-53-45(49)37-33-29-26-23-21-18-19-22-25-28-32-36-43(48)35-31-9-7-2/h12-13,15-16,18-20,23-26,28,32,36,43-44,48H,6-11,14,17,21-22,27,29-31,33-35,37-42H2,1-5H3/p+1/b13-12-,16-15-,19-18-,24-20-,26-23-,28-25-,36-32+/t43-,44-/m1/s1. The maximum Gasteiger partial charge on any atom is 0.472 e. The number of phosphoric ester groups is 1. The summed E-state index contributed by atoms with van der Waals surface area (Å²) in [5, 5.41) is 9.90. The highest BCUT2D eigenvalue weighted by molar-refractivity contribution is 7.47. The van der Waals surface area contributed by atoms with Crippen LogP contribution in [-0.2, 0) is 32.7 Å². The summed E-state index contributed by atoms with van der Waals surface area (Å²) in [4.78, 5) is 35.3. The van der Waals surface area contributed by atoms with Crippen molar-refractivity contribution in [2.45, 2.75) is 148 Å². The number of hydrogen-bond acceptors (Lipinski definition) is 8. The lowest BCUT2D eigenvalue weighted by atomic mass is 10.1. The van der Waals surface area contributed by atoms with E-state index in [0.29, 0.717) is 30.3 Å². The third-order valence-corrected chi connectivity index (χ3v) is 9.49. The van der Waals surface area contributed by atoms with Crippen LogP contribution >= 0.6 is 7.82 Å². The number of unbranched alkanes of at least 4 members (excludes halogenated alkanes) is 8. The largest absolute Gasteiger partial charge is 0.472 e. The van der Waals surface area contributed by atoms with E-state index in [-0.39, 0.29) is 32.2 Å². The summed E-state index contributed by atoms with van der Waals surface area (Å²) in [5.41, 5.74) is 0. The van der Waals surface area contributed by atoms with Gasteiger partial charge in [-0.3, -0.25) is 18.6 Å². The Labute approximate surface area is 346 Å². The zero-order valence-electron chi connectivity index (χ0n) is 36.1. The van der Waals surface area contributed by atoms with Gasteiger partial charge in [-0.25, -0.2) is 4.57 Å². The van der Waals surface area contributed by atoms with E-state index in [1.807, 2.05) is 57.6 Å². The number of aliphatic hydroxyl groups excluding tert-OH is 1. The average molecular weight is 821 g/mol. The molecule has 0 radical (unpaired) electrons. The molecule has 0 spiro atoms. The molecule has 10 nitrogen and oxygen atoms in total. The van der Waals surface area contributed by atoms with Crippen molar-refractivity contribution in [1.29, 1.82) is 0 Å². The third-order valence-electron chi connectivity index (χ3n) is 8.50. The van der Waals surface area contributed by atoms with E-state index >= 15 is 0 Å². The number of esters is 2. The van der Waals surface area contributed by atoms with Gasteiger partial charge in [-0.15, -0.1) is 0 Å². The van der Waals surface area contributed by atoms with Gasteiger partial charge in [-0.1, -0.05) is 131 Å². The molecule has 11 heteroatoms. The van der Waals surface area contributed by atoms with Gasteiger partial charge < -0.3 is 24.0 Å². The van der Waals surface area contributed by atoms with E-state index in [9.17, 15) is 24.2 Å². The van der Waals surface area contributed by atoms with Crippen molar-refractivity contribution in [2.24, 2.45) is 0 Å². The molecular formula is C46H79NO9P+. The Bertz CT molecular complexity index is 1260. The number of aliphatic hydroxyl groups is 1. The lowest BCUT2D eigenvalue weighted by Gasteiger charge is -2.24. The van der Waals surface area contributed by atoms with Crippen LogP contribution in [-0.4, -0.2) is 86.1 Å². The van der Waals surface area contributed by atoms with Crippen LogP contribution in [0, 0.1) is 0 Å². The number of ether oxygens (including phenoxy) is 2. The first-order valence-electron chi connectivity index (χ1n) is 21.4. The fourth-order valence-electron chi connectivity index (χ4n) is 5.06. The van der Waals surface area contributed by atoms with Crippen molar-refractivity contribution < 1.29 is 47.2 Å². The number of carbonyl (C=O) groups excluding carboxylic acids is 2. The van der Waals surface area contributed by atoms with E-state index in [4.69, 9.17) is 18.5 Å². The average Bonchev–Trinajstić information content (AvgIpc) is 3.15. The van der Waals surface area contributed by atoms with Crippen LogP contribution in [0.4, 0.5) is 0 Å². The number of nitrogens with zero attached hydrogens (tertiary/aromatic N) is 1. The number of likely N-dealkylation sites (N-methyl/N-ethyl adjacent to an activating group) is 1. The smallest absolute Gasteiger partial charge is 0.462 e. The third kappa shape index (κ3) is 41.1. The van der Waals surface area contributed by atoms with Crippen LogP contribution in [0.3, 0.4) is 0 Å². The monoisotopic (exact) mass is 821 g/mol. The molecule has 0 aromatic rings. The predicted octanol–water partition coefficient (Wildman–Crippen LogP) is 11.0. The molecule has 0 saturated heterocycles. The molecule has 0 amide bonds. The first-order valence-corrected chi connectivity index (χ1v) is 22.9. The molecule has 0 heterocycles. The molecule has 2 N–H and O–H groups in total. The van der Waals surface area contributed by atoms with Gasteiger partial charge in [0.1, 0.15) is 19.8 Å². The van der Waals surface area contributed by atoms with Gasteiger partial charge >= 0.3 is 19.8 Å². The lowest BCUT2D eigenvalue weighted by Crippen LogP contribution is -2.37. The first-order chi connectivity index (χ1) is 27.4. The maximum absolute atomic E-state index is 12.7. The molecule has 0 aliphatic rings. The summed E-state index contributed by atoms with van der Waals surface area (Å²) in [6.07, 6.45) is 44.0. The highest BCUT2D eigenvalue weighted by Gasteiger charge is 2.27. The lowest BCUT2D eigenvalue weighted by molar-refractivity contribution is -0.870. The van der Waals surface area contributed by atoms with Crippen molar-refractivity contribution in [2.75, 3.05) is 47.5 Å². The number of hydrogen-bond donors (Lipinski definition) is 2. The van der Waals surface area contributed by atoms with Gasteiger partial charge in [0.2, 0.25) is 0 Å². The highest BCUT2D eigenvalue weighted by Crippen LogP contribution is 2.43. The molecule has 0 rings (SSSR count). The zero-order valence-corrected chi connectivity index (χ0v) is 37.0. The van der Waals surface area contributed by atoms with Crippen LogP contribution in [0.15, 0.2) is 85.1 Å². The minimum atomic E-state index is -4.41. The molecular weight excluding hydrogens is 741 g/mol. The normalized spacial score (nSPS) is 15.0. The van der Waals surface area contributed by atoms with Crippen molar-refractivity contribution in [1.82, 2.24) is 0 Å². The van der Waals surface area contributed by atoms with Gasteiger partial charge in [0.15, 0.2) is 6.10 Å². The van der Waals surface area contributed by atoms with Crippen LogP contribution in [0.5, 0.6) is 0 Å². The maximum atomic E-state index is 12.7. The summed E-state index contributed by atoms with van der Waals surface area (Å²) >= 11 is 0. The van der Waals surface area contributed by atoms with E-state index in [2.05, 4.69) is 62.5 Å². The molecule has 0 saturated carbocycles. The Hall–Kier alpha value is -2.85. The number of phosphoric acid groups is 1. The molecule has 326 valence electrons. The van der Waals surface area contributed by atoms with Crippen LogP contribution in [0.25, 0.3) is 0 Å². The molecule has 1 unspecified atom stereocenters. The fraction of sp³-hybridized carbons (Fsp3) is 0.652. The minimum Gasteiger partial charge on any atom is -0.462 e. The summed E-state index contributed by atoms with van der Waals surface area (Å²) in [7, 11) is 1.38. The fourth-order valence-corrected chi connectivity index (χ4v) is 5.80. The quantitative estimate of drug-likeness (QED) is 0.0157. The van der Waals surface area contributed by atoms with E-state index in [1.54, 1.807) is 0 Å². The molecule has 0 aromatic heterocycles. The van der Waals surface area contributed by atoms with E-state index in [0.717, 1.165) is 70.6 Å². The number of carbonyl (C=O) groups is 2. The van der Waals surface area contributed by atoms with E-state index < -0.39 is 32.5 Å². The van der Waals surface area contributed by atoms with Crippen molar-refractivity contribution in [3.63, 3.8) is 0 Å². The van der Waals surface area contributed by atoms with Gasteiger partial charge in [0.05, 0.1) is 33.9 Å². The molecule has 0 aliphatic heterocycles. The summed E-state index contributed by atoms with van der Waals surface area (Å²) in [5.74, 6) is -0.946. The topological polar surface area (TPSA) is 129 Å². The molecule has 0 bridgehead atoms. The number of allylic oxidation sites excluding steroid dienone is 13. The molecule has 3 atom stereocenters. The second-order valence-corrected chi connectivity index (χ2v) is 16.7. The SMILES string of the molecule is CCCCC/C=C\C/C=C\C/C=C\CCCCC(=O)O[C@H](COC(=O)CCC/C=C\C/C=C\C/C=C\C=C\[C@H](O)CCCCC)COP(=O)(O)OCC[N+](C)(C)C. The van der Waals surface area contributed by atoms with Gasteiger partial charge in [0.25, 0.3) is 0 Å². The summed E-state index contributed by atoms with van der Waals surface area (Å²) < 4.78 is 34.1. The Kier molecular flexibility index (Phi) is 35.6. The molecule has 0 aliphatic carbocycles. The second-order valence-electron chi connectivity index (χ2n) is 15.2. The highest BCUT2D eigenvalue weighted by atomic mass is 31.2. The van der Waals surface area contributed by atoms with Crippen LogP contribution < -0.4 is 0 Å². The van der Waals surface area contributed by atoms with Crippen molar-refractivity contribution >= 4 is 19.8 Å². The zero-order chi connectivity index (χ0) is 42.3. The Morgan fingerprint density at radius 2 is 1.16 bits per heavy atom. The minimum absolute atomic E-state index is 0.00365. The van der Waals surface area contributed by atoms with E-state index in [1.165, 1.54) is 19.3 Å². The number of quaternary nitrogens is 1. The van der Waals surface area contributed by atoms with Crippen LogP contribution in [0.1, 0.15) is 136 Å². The van der Waals surface area contributed by atoms with Crippen LogP contribution in [0.2, 0.25) is 0 Å². The molecule has 0 fully saturated rings. The Balaban J connectivity index is 4.60. The Morgan fingerprint density at radius 3 is 1.75 bits per heavy atom.